The van der Waals surface area contributed by atoms with Gasteiger partial charge in [-0.25, -0.2) is 0 Å². The van der Waals surface area contributed by atoms with E-state index in [1.54, 1.807) is 0 Å². The topological polar surface area (TPSA) is 0 Å². The van der Waals surface area contributed by atoms with Crippen LogP contribution in [0.2, 0.25) is 0 Å². The average molecular weight is 128 g/mol. The van der Waals surface area contributed by atoms with E-state index in [-0.39, 0.29) is 0 Å². The SMILES string of the molecule is CC[C@@H](C)[C@H](C)C(C)C. The van der Waals surface area contributed by atoms with Crippen LogP contribution in [-0.4, -0.2) is 0 Å². The van der Waals surface area contributed by atoms with Crippen molar-refractivity contribution in [2.75, 3.05) is 0 Å². The van der Waals surface area contributed by atoms with E-state index in [1.807, 2.05) is 0 Å². The molecule has 0 unspecified atom stereocenters. The van der Waals surface area contributed by atoms with Gasteiger partial charge < -0.3 is 0 Å². The van der Waals surface area contributed by atoms with Crippen molar-refractivity contribution < 1.29 is 0 Å². The Morgan fingerprint density at radius 2 is 1.44 bits per heavy atom. The van der Waals surface area contributed by atoms with Crippen LogP contribution >= 0.6 is 0 Å². The minimum Gasteiger partial charge on any atom is -0.0651 e. The van der Waals surface area contributed by atoms with Gasteiger partial charge in [0.15, 0.2) is 0 Å². The van der Waals surface area contributed by atoms with Crippen LogP contribution in [0.25, 0.3) is 0 Å². The molecule has 0 fully saturated rings. The highest BCUT2D eigenvalue weighted by molar-refractivity contribution is 4.62. The van der Waals surface area contributed by atoms with Gasteiger partial charge in [-0.1, -0.05) is 41.0 Å². The van der Waals surface area contributed by atoms with E-state index in [0.29, 0.717) is 0 Å². The third-order valence-electron chi connectivity index (χ3n) is 2.59. The summed E-state index contributed by atoms with van der Waals surface area (Å²) in [7, 11) is 0. The fourth-order valence-corrected chi connectivity index (χ4v) is 1.03. The lowest BCUT2D eigenvalue weighted by molar-refractivity contribution is 0.289. The molecule has 0 heterocycles. The van der Waals surface area contributed by atoms with Gasteiger partial charge in [-0.15, -0.1) is 0 Å². The third kappa shape index (κ3) is 2.88. The zero-order valence-electron chi connectivity index (χ0n) is 7.44. The minimum absolute atomic E-state index is 0.847. The van der Waals surface area contributed by atoms with E-state index >= 15 is 0 Å². The molecule has 0 N–H and O–H groups in total. The molecule has 56 valence electrons. The Kier molecular flexibility index (Phi) is 3.92. The highest BCUT2D eigenvalue weighted by atomic mass is 14.2. The van der Waals surface area contributed by atoms with Gasteiger partial charge in [-0.3, -0.25) is 0 Å². The summed E-state index contributed by atoms with van der Waals surface area (Å²) >= 11 is 0. The Morgan fingerprint density at radius 3 is 1.56 bits per heavy atom. The lowest BCUT2D eigenvalue weighted by atomic mass is 9.85. The molecule has 0 saturated carbocycles. The van der Waals surface area contributed by atoms with E-state index < -0.39 is 0 Å². The quantitative estimate of drug-likeness (QED) is 0.547. The van der Waals surface area contributed by atoms with E-state index in [9.17, 15) is 0 Å². The molecule has 0 aromatic heterocycles. The van der Waals surface area contributed by atoms with Gasteiger partial charge in [0.05, 0.1) is 0 Å². The molecule has 2 atom stereocenters. The molecular formula is C9H20. The Hall–Kier alpha value is 0. The van der Waals surface area contributed by atoms with Crippen molar-refractivity contribution in [2.45, 2.75) is 41.0 Å². The average Bonchev–Trinajstić information content (AvgIpc) is 1.84. The Morgan fingerprint density at radius 1 is 1.00 bits per heavy atom. The van der Waals surface area contributed by atoms with Crippen LogP contribution in [0, 0.1) is 17.8 Å². The fourth-order valence-electron chi connectivity index (χ4n) is 1.03. The molecule has 0 aliphatic rings. The summed E-state index contributed by atoms with van der Waals surface area (Å²) in [6, 6.07) is 0. The van der Waals surface area contributed by atoms with Crippen LogP contribution in [0.5, 0.6) is 0 Å². The van der Waals surface area contributed by atoms with E-state index in [2.05, 4.69) is 34.6 Å². The van der Waals surface area contributed by atoms with Crippen LogP contribution in [0.15, 0.2) is 0 Å². The molecule has 0 rings (SSSR count). The first-order valence-corrected chi connectivity index (χ1v) is 4.09. The van der Waals surface area contributed by atoms with Gasteiger partial charge in [0.1, 0.15) is 0 Å². The molecule has 0 aromatic rings. The van der Waals surface area contributed by atoms with Crippen LogP contribution in [0.4, 0.5) is 0 Å². The smallest absolute Gasteiger partial charge is 0.0394 e. The molecule has 0 nitrogen and oxygen atoms in total. The molecule has 0 saturated heterocycles. The zero-order chi connectivity index (χ0) is 7.44. The molecule has 0 amide bonds. The highest BCUT2D eigenvalue weighted by Crippen LogP contribution is 2.21. The van der Waals surface area contributed by atoms with E-state index in [4.69, 9.17) is 0 Å². The van der Waals surface area contributed by atoms with Crippen molar-refractivity contribution in [1.82, 2.24) is 0 Å². The predicted octanol–water partition coefficient (Wildman–Crippen LogP) is 3.32. The maximum Gasteiger partial charge on any atom is -0.0394 e. The second-order valence-electron chi connectivity index (χ2n) is 3.49. The standard InChI is InChI=1S/C9H20/c1-6-8(4)9(5)7(2)3/h7-9H,6H2,1-5H3/t8-,9-/m1/s1. The first-order valence-electron chi connectivity index (χ1n) is 4.09. The molecule has 0 bridgehead atoms. The van der Waals surface area contributed by atoms with Gasteiger partial charge >= 0.3 is 0 Å². The molecule has 0 aromatic carbocycles. The number of hydrogen-bond acceptors (Lipinski definition) is 0. The van der Waals surface area contributed by atoms with Gasteiger partial charge in [0, 0.05) is 0 Å². The molecule has 9 heavy (non-hydrogen) atoms. The van der Waals surface area contributed by atoms with Crippen molar-refractivity contribution in [2.24, 2.45) is 17.8 Å². The van der Waals surface area contributed by atoms with Crippen LogP contribution in [0.1, 0.15) is 41.0 Å². The molecule has 0 heteroatoms. The van der Waals surface area contributed by atoms with Gasteiger partial charge in [0.25, 0.3) is 0 Å². The predicted molar refractivity (Wildman–Crippen MR) is 43.5 cm³/mol. The summed E-state index contributed by atoms with van der Waals surface area (Å²) in [5, 5.41) is 0. The summed E-state index contributed by atoms with van der Waals surface area (Å²) in [6.45, 7) is 11.6. The number of hydrogen-bond donors (Lipinski definition) is 0. The second kappa shape index (κ2) is 3.92. The van der Waals surface area contributed by atoms with Crippen molar-refractivity contribution in [3.05, 3.63) is 0 Å². The first kappa shape index (κ1) is 9.00. The van der Waals surface area contributed by atoms with Gasteiger partial charge in [-0.2, -0.15) is 0 Å². The summed E-state index contributed by atoms with van der Waals surface area (Å²) < 4.78 is 0. The normalized spacial score (nSPS) is 18.0. The molecule has 0 spiro atoms. The Balaban J connectivity index is 3.58. The summed E-state index contributed by atoms with van der Waals surface area (Å²) in [5.74, 6) is 2.62. The van der Waals surface area contributed by atoms with Crippen molar-refractivity contribution in [1.29, 1.82) is 0 Å². The molecule has 0 aliphatic heterocycles. The van der Waals surface area contributed by atoms with Gasteiger partial charge in [-0.05, 0) is 17.8 Å². The monoisotopic (exact) mass is 128 g/mol. The summed E-state index contributed by atoms with van der Waals surface area (Å²) in [4.78, 5) is 0. The minimum atomic E-state index is 0.847. The molecule has 0 radical (unpaired) electrons. The van der Waals surface area contributed by atoms with Crippen LogP contribution in [0.3, 0.4) is 0 Å². The second-order valence-corrected chi connectivity index (χ2v) is 3.49. The van der Waals surface area contributed by atoms with Crippen molar-refractivity contribution >= 4 is 0 Å². The van der Waals surface area contributed by atoms with E-state index in [1.165, 1.54) is 6.42 Å². The highest BCUT2D eigenvalue weighted by Gasteiger charge is 2.12. The van der Waals surface area contributed by atoms with Crippen LogP contribution in [-0.2, 0) is 0 Å². The number of rotatable bonds is 3. The maximum atomic E-state index is 2.35. The molecule has 0 aliphatic carbocycles. The first-order chi connectivity index (χ1) is 4.09. The fraction of sp³-hybridized carbons (Fsp3) is 1.00. The maximum absolute atomic E-state index is 2.35. The third-order valence-corrected chi connectivity index (χ3v) is 2.59. The zero-order valence-corrected chi connectivity index (χ0v) is 7.44. The largest absolute Gasteiger partial charge is 0.0651 e. The van der Waals surface area contributed by atoms with Crippen molar-refractivity contribution in [3.63, 3.8) is 0 Å². The van der Waals surface area contributed by atoms with Crippen molar-refractivity contribution in [3.8, 4) is 0 Å². The lowest BCUT2D eigenvalue weighted by Gasteiger charge is -2.21. The molecular weight excluding hydrogens is 108 g/mol. The summed E-state index contributed by atoms with van der Waals surface area (Å²) in [5.41, 5.74) is 0. The lowest BCUT2D eigenvalue weighted by Crippen LogP contribution is -2.12. The Bertz CT molecular complexity index is 64.4. The van der Waals surface area contributed by atoms with Gasteiger partial charge in [0.2, 0.25) is 0 Å². The van der Waals surface area contributed by atoms with Crippen LogP contribution < -0.4 is 0 Å². The summed E-state index contributed by atoms with van der Waals surface area (Å²) in [6.07, 6.45) is 1.32. The van der Waals surface area contributed by atoms with E-state index in [0.717, 1.165) is 17.8 Å². The Labute approximate surface area is 59.7 Å².